The van der Waals surface area contributed by atoms with Crippen LogP contribution in [0.4, 0.5) is 4.79 Å². The van der Waals surface area contributed by atoms with Gasteiger partial charge in [-0.05, 0) is 17.7 Å². The van der Waals surface area contributed by atoms with Gasteiger partial charge in [-0.1, -0.05) is 74.6 Å². The number of hydrogen-bond donors (Lipinski definition) is 0. The molecule has 0 fully saturated rings. The highest BCUT2D eigenvalue weighted by molar-refractivity contribution is 6.77. The lowest BCUT2D eigenvalue weighted by molar-refractivity contribution is -0.147. The molecule has 3 rings (SSSR count). The molecule has 9 heteroatoms. The second-order valence-corrected chi connectivity index (χ2v) is 14.7. The van der Waals surface area contributed by atoms with Crippen molar-refractivity contribution in [1.82, 2.24) is 9.80 Å². The van der Waals surface area contributed by atoms with Gasteiger partial charge >= 0.3 is 12.1 Å². The molecule has 0 radical (unpaired) electrons. The summed E-state index contributed by atoms with van der Waals surface area (Å²) in [7, 11) is -1.80. The van der Waals surface area contributed by atoms with Crippen molar-refractivity contribution in [2.75, 3.05) is 19.3 Å². The first-order valence-corrected chi connectivity index (χ1v) is 15.3. The summed E-state index contributed by atoms with van der Waals surface area (Å²) in [6.07, 6.45) is 1.03. The Hall–Kier alpha value is -3.72. The molecule has 3 amide bonds. The molecule has 2 aromatic carbocycles. The zero-order valence-corrected chi connectivity index (χ0v) is 21.9. The second kappa shape index (κ2) is 11.8. The summed E-state index contributed by atoms with van der Waals surface area (Å²) in [6.45, 7) is 9.70. The maximum atomic E-state index is 13.3. The van der Waals surface area contributed by atoms with Gasteiger partial charge in [0, 0.05) is 6.54 Å². The molecule has 1 aliphatic heterocycles. The summed E-state index contributed by atoms with van der Waals surface area (Å²) in [6, 6.07) is 15.1. The molecular weight excluding hydrogens is 476 g/mol. The predicted molar refractivity (Wildman–Crippen MR) is 138 cm³/mol. The van der Waals surface area contributed by atoms with Gasteiger partial charge in [-0.2, -0.15) is 0 Å². The van der Waals surface area contributed by atoms with Crippen molar-refractivity contribution >= 4 is 32.0 Å². The maximum Gasteiger partial charge on any atom is 0.410 e. The highest BCUT2D eigenvalue weighted by Gasteiger charge is 2.45. The molecule has 0 N–H and O–H groups in total. The monoisotopic (exact) mass is 508 g/mol. The van der Waals surface area contributed by atoms with Crippen LogP contribution in [0.5, 0.6) is 0 Å². The van der Waals surface area contributed by atoms with E-state index in [2.05, 4.69) is 19.7 Å². The van der Waals surface area contributed by atoms with E-state index in [0.717, 1.165) is 16.5 Å². The van der Waals surface area contributed by atoms with Gasteiger partial charge in [0.1, 0.15) is 6.61 Å². The van der Waals surface area contributed by atoms with Crippen molar-refractivity contribution < 1.29 is 28.7 Å². The third kappa shape index (κ3) is 6.28. The number of rotatable bonds is 11. The molecule has 1 heterocycles. The van der Waals surface area contributed by atoms with Gasteiger partial charge in [-0.25, -0.2) is 9.59 Å². The van der Waals surface area contributed by atoms with Crippen LogP contribution >= 0.6 is 0 Å². The number of benzene rings is 2. The van der Waals surface area contributed by atoms with Crippen molar-refractivity contribution in [2.45, 2.75) is 38.7 Å². The smallest absolute Gasteiger partial charge is 0.410 e. The number of imide groups is 1. The van der Waals surface area contributed by atoms with Gasteiger partial charge in [0.15, 0.2) is 6.04 Å². The van der Waals surface area contributed by atoms with Crippen LogP contribution in [0, 0.1) is 0 Å². The Morgan fingerprint density at radius 2 is 1.58 bits per heavy atom. The Morgan fingerprint density at radius 1 is 1.00 bits per heavy atom. The predicted octanol–water partition coefficient (Wildman–Crippen LogP) is 4.29. The van der Waals surface area contributed by atoms with Gasteiger partial charge < -0.3 is 14.4 Å². The molecule has 0 saturated heterocycles. The van der Waals surface area contributed by atoms with Crippen LogP contribution in [0.1, 0.15) is 33.2 Å². The van der Waals surface area contributed by atoms with Crippen molar-refractivity contribution in [3.05, 3.63) is 83.9 Å². The molecule has 0 spiro atoms. The lowest BCUT2D eigenvalue weighted by Crippen LogP contribution is -2.53. The van der Waals surface area contributed by atoms with Crippen molar-refractivity contribution in [3.63, 3.8) is 0 Å². The van der Waals surface area contributed by atoms with Crippen LogP contribution in [0.25, 0.3) is 0 Å². The van der Waals surface area contributed by atoms with Crippen LogP contribution in [-0.4, -0.2) is 67.1 Å². The first-order chi connectivity index (χ1) is 17.2. The fourth-order valence-corrected chi connectivity index (χ4v) is 4.35. The van der Waals surface area contributed by atoms with Crippen molar-refractivity contribution in [2.24, 2.45) is 0 Å². The third-order valence-electron chi connectivity index (χ3n) is 6.18. The fraction of sp³-hybridized carbons (Fsp3) is 0.333. The quantitative estimate of drug-likeness (QED) is 0.195. The van der Waals surface area contributed by atoms with E-state index in [9.17, 15) is 19.2 Å². The van der Waals surface area contributed by atoms with E-state index in [0.29, 0.717) is 0 Å². The number of hydrogen-bond acceptors (Lipinski definition) is 6. The van der Waals surface area contributed by atoms with Gasteiger partial charge in [-0.15, -0.1) is 6.58 Å². The number of fused-ring (bicyclic) bond motifs is 1. The van der Waals surface area contributed by atoms with E-state index in [1.165, 1.54) is 11.0 Å². The number of amides is 3. The minimum atomic E-state index is -1.80. The van der Waals surface area contributed by atoms with E-state index < -0.39 is 38.0 Å². The minimum Gasteiger partial charge on any atom is -0.468 e. The lowest BCUT2D eigenvalue weighted by Gasteiger charge is -2.30. The highest BCUT2D eigenvalue weighted by atomic mass is 28.3. The van der Waals surface area contributed by atoms with Crippen molar-refractivity contribution in [3.8, 4) is 0 Å². The SMILES string of the molecule is C=CCN(C[C@@H](C(=O)OC[Si](C)(C)CC)N1C(=O)c2ccccc2C1=O)C(=O)OCc1ccccc1. The summed E-state index contributed by atoms with van der Waals surface area (Å²) in [4.78, 5) is 54.8. The van der Waals surface area contributed by atoms with Crippen LogP contribution in [-0.2, 0) is 20.9 Å². The molecular formula is C27H32N2O6Si. The van der Waals surface area contributed by atoms with Crippen LogP contribution in [0.2, 0.25) is 19.1 Å². The summed E-state index contributed by atoms with van der Waals surface area (Å²) >= 11 is 0. The summed E-state index contributed by atoms with van der Waals surface area (Å²) in [5.74, 6) is -1.93. The highest BCUT2D eigenvalue weighted by Crippen LogP contribution is 2.26. The summed E-state index contributed by atoms with van der Waals surface area (Å²) < 4.78 is 11.1. The van der Waals surface area contributed by atoms with Crippen LogP contribution in [0.15, 0.2) is 67.3 Å². The largest absolute Gasteiger partial charge is 0.468 e. The third-order valence-corrected chi connectivity index (χ3v) is 9.02. The normalized spacial score (nSPS) is 13.7. The summed E-state index contributed by atoms with van der Waals surface area (Å²) in [5.41, 5.74) is 1.23. The van der Waals surface area contributed by atoms with E-state index in [1.807, 2.05) is 37.3 Å². The fourth-order valence-electron chi connectivity index (χ4n) is 3.62. The van der Waals surface area contributed by atoms with Crippen molar-refractivity contribution in [1.29, 1.82) is 0 Å². The Morgan fingerprint density at radius 3 is 2.14 bits per heavy atom. The molecule has 190 valence electrons. The Bertz CT molecular complexity index is 1100. The lowest BCUT2D eigenvalue weighted by atomic mass is 10.1. The second-order valence-electron chi connectivity index (χ2n) is 9.40. The molecule has 0 aromatic heterocycles. The summed E-state index contributed by atoms with van der Waals surface area (Å²) in [5, 5.41) is 0. The first kappa shape index (κ1) is 26.9. The van der Waals surface area contributed by atoms with Crippen LogP contribution < -0.4 is 0 Å². The molecule has 0 aliphatic carbocycles. The van der Waals surface area contributed by atoms with E-state index in [4.69, 9.17) is 9.47 Å². The Labute approximate surface area is 212 Å². The molecule has 1 atom stereocenters. The van der Waals surface area contributed by atoms with Gasteiger partial charge in [0.2, 0.25) is 0 Å². The molecule has 1 aliphatic rings. The standard InChI is InChI=1S/C27H32N2O6Si/c1-5-16-28(27(33)34-18-20-12-8-7-9-13-20)17-23(26(32)35-19-36(3,4)6-2)29-24(30)21-14-10-11-15-22(21)25(29)31/h5,7-15,23H,1,6,16-19H2,2-4H3/t23-/m0/s1. The number of carbonyl (C=O) groups is 4. The Balaban J connectivity index is 1.85. The van der Waals surface area contributed by atoms with E-state index in [1.54, 1.807) is 24.3 Å². The van der Waals surface area contributed by atoms with Crippen LogP contribution in [0.3, 0.4) is 0 Å². The molecule has 8 nitrogen and oxygen atoms in total. The maximum absolute atomic E-state index is 13.3. The minimum absolute atomic E-state index is 0.0335. The number of esters is 1. The number of nitrogens with zero attached hydrogens (tertiary/aromatic N) is 2. The zero-order valence-electron chi connectivity index (χ0n) is 20.9. The topological polar surface area (TPSA) is 93.2 Å². The molecule has 36 heavy (non-hydrogen) atoms. The number of ether oxygens (including phenoxy) is 2. The Kier molecular flexibility index (Phi) is 8.81. The van der Waals surface area contributed by atoms with Gasteiger partial charge in [0.25, 0.3) is 11.8 Å². The average molecular weight is 509 g/mol. The zero-order chi connectivity index (χ0) is 26.3. The van der Waals surface area contributed by atoms with Gasteiger partial charge in [-0.3, -0.25) is 14.5 Å². The van der Waals surface area contributed by atoms with E-state index >= 15 is 0 Å². The number of carbonyl (C=O) groups excluding carboxylic acids is 4. The first-order valence-electron chi connectivity index (χ1n) is 11.9. The van der Waals surface area contributed by atoms with E-state index in [-0.39, 0.29) is 37.1 Å². The average Bonchev–Trinajstić information content (AvgIpc) is 3.14. The molecule has 2 aromatic rings. The molecule has 0 saturated carbocycles. The molecule has 0 bridgehead atoms. The van der Waals surface area contributed by atoms with Gasteiger partial charge in [0.05, 0.1) is 32.0 Å². The molecule has 0 unspecified atom stereocenters.